The Labute approximate surface area is 102 Å². The first kappa shape index (κ1) is 10.4. The van der Waals surface area contributed by atoms with Gasteiger partial charge in [0.2, 0.25) is 11.6 Å². The van der Waals surface area contributed by atoms with E-state index in [0.29, 0.717) is 11.0 Å². The summed E-state index contributed by atoms with van der Waals surface area (Å²) >= 11 is 0. The molecule has 0 amide bonds. The van der Waals surface area contributed by atoms with Gasteiger partial charge in [0.1, 0.15) is 11.2 Å². The van der Waals surface area contributed by atoms with E-state index in [1.165, 1.54) is 24.8 Å². The molecule has 0 bridgehead atoms. The van der Waals surface area contributed by atoms with Crippen molar-refractivity contribution < 1.29 is 4.79 Å². The van der Waals surface area contributed by atoms with Crippen LogP contribution in [-0.4, -0.2) is 30.7 Å². The lowest BCUT2D eigenvalue weighted by molar-refractivity contribution is 0.102. The molecule has 6 heteroatoms. The van der Waals surface area contributed by atoms with E-state index in [4.69, 9.17) is 0 Å². The summed E-state index contributed by atoms with van der Waals surface area (Å²) in [6.07, 6.45) is 7.51. The first-order valence-corrected chi connectivity index (χ1v) is 5.23. The average Bonchev–Trinajstić information content (AvgIpc) is 2.47. The van der Waals surface area contributed by atoms with E-state index >= 15 is 0 Å². The third kappa shape index (κ3) is 1.80. The van der Waals surface area contributed by atoms with E-state index in [9.17, 15) is 4.79 Å². The zero-order chi connectivity index (χ0) is 12.4. The van der Waals surface area contributed by atoms with Gasteiger partial charge in [-0.1, -0.05) is 0 Å². The zero-order valence-electron chi connectivity index (χ0n) is 9.19. The van der Waals surface area contributed by atoms with Crippen LogP contribution >= 0.6 is 0 Å². The van der Waals surface area contributed by atoms with E-state index < -0.39 is 0 Å². The van der Waals surface area contributed by atoms with Gasteiger partial charge in [-0.25, -0.2) is 15.0 Å². The van der Waals surface area contributed by atoms with Gasteiger partial charge in [-0.2, -0.15) is 0 Å². The summed E-state index contributed by atoms with van der Waals surface area (Å²) in [6.45, 7) is 0. The predicted molar refractivity (Wildman–Crippen MR) is 62.8 cm³/mol. The average molecular weight is 237 g/mol. The molecule has 0 N–H and O–H groups in total. The second kappa shape index (κ2) is 4.25. The minimum Gasteiger partial charge on any atom is -0.283 e. The molecule has 86 valence electrons. The molecule has 0 aliphatic carbocycles. The van der Waals surface area contributed by atoms with Crippen LogP contribution in [0.5, 0.6) is 0 Å². The van der Waals surface area contributed by atoms with Crippen LogP contribution in [0.4, 0.5) is 0 Å². The molecule has 3 rings (SSSR count). The largest absolute Gasteiger partial charge is 0.283 e. The fraction of sp³-hybridized carbons (Fsp3) is 0. The molecule has 3 aromatic heterocycles. The quantitative estimate of drug-likeness (QED) is 0.619. The van der Waals surface area contributed by atoms with Crippen molar-refractivity contribution in [3.05, 3.63) is 54.6 Å². The summed E-state index contributed by atoms with van der Waals surface area (Å²) in [7, 11) is 0. The van der Waals surface area contributed by atoms with Crippen molar-refractivity contribution in [1.29, 1.82) is 0 Å². The highest BCUT2D eigenvalue weighted by Crippen LogP contribution is 2.08. The smallest absolute Gasteiger partial charge is 0.250 e. The van der Waals surface area contributed by atoms with Crippen molar-refractivity contribution in [3.63, 3.8) is 0 Å². The highest BCUT2D eigenvalue weighted by Gasteiger charge is 2.14. The maximum atomic E-state index is 12.0. The molecule has 6 nitrogen and oxygen atoms in total. The summed E-state index contributed by atoms with van der Waals surface area (Å²) in [6, 6.07) is 3.53. The number of ketones is 1. The van der Waals surface area contributed by atoms with Crippen LogP contribution in [0, 0.1) is 0 Å². The van der Waals surface area contributed by atoms with Crippen molar-refractivity contribution in [2.24, 2.45) is 0 Å². The molecule has 3 aromatic rings. The van der Waals surface area contributed by atoms with Crippen LogP contribution in [0.2, 0.25) is 0 Å². The molecule has 18 heavy (non-hydrogen) atoms. The van der Waals surface area contributed by atoms with Gasteiger partial charge in [0.15, 0.2) is 0 Å². The van der Waals surface area contributed by atoms with Gasteiger partial charge in [0.25, 0.3) is 0 Å². The van der Waals surface area contributed by atoms with Gasteiger partial charge in [0.05, 0.1) is 17.9 Å². The van der Waals surface area contributed by atoms with Gasteiger partial charge in [-0.15, -0.1) is 0 Å². The molecule has 0 unspecified atom stereocenters. The van der Waals surface area contributed by atoms with Gasteiger partial charge in [0, 0.05) is 18.6 Å². The van der Waals surface area contributed by atoms with Crippen molar-refractivity contribution >= 4 is 16.8 Å². The molecular weight excluding hydrogens is 230 g/mol. The Morgan fingerprint density at radius 2 is 1.89 bits per heavy atom. The summed E-state index contributed by atoms with van der Waals surface area (Å²) in [4.78, 5) is 32.1. The molecule has 0 aliphatic heterocycles. The third-order valence-electron chi connectivity index (χ3n) is 2.35. The van der Waals surface area contributed by atoms with E-state index in [1.807, 2.05) is 0 Å². The predicted octanol–water partition coefficient (Wildman–Crippen LogP) is 1.05. The zero-order valence-corrected chi connectivity index (χ0v) is 9.19. The number of hydrogen-bond acceptors (Lipinski definition) is 6. The van der Waals surface area contributed by atoms with Crippen LogP contribution < -0.4 is 0 Å². The molecule has 0 atom stereocenters. The molecule has 0 aromatic carbocycles. The minimum atomic E-state index is -0.353. The topological polar surface area (TPSA) is 81.5 Å². The van der Waals surface area contributed by atoms with Crippen LogP contribution in [-0.2, 0) is 0 Å². The maximum absolute atomic E-state index is 12.0. The molecule has 0 radical (unpaired) electrons. The lowest BCUT2D eigenvalue weighted by Crippen LogP contribution is -2.09. The normalized spacial score (nSPS) is 10.4. The number of nitrogens with zero attached hydrogens (tertiary/aromatic N) is 5. The van der Waals surface area contributed by atoms with E-state index in [1.54, 1.807) is 18.3 Å². The highest BCUT2D eigenvalue weighted by atomic mass is 16.1. The number of carbonyl (C=O) groups is 1. The Balaban J connectivity index is 2.07. The molecule has 0 saturated carbocycles. The van der Waals surface area contributed by atoms with Crippen molar-refractivity contribution in [2.75, 3.05) is 0 Å². The van der Waals surface area contributed by atoms with Crippen molar-refractivity contribution in [2.45, 2.75) is 0 Å². The standard InChI is InChI=1S/C12H7N5O/c18-11(10-6-13-4-5-15-10)12-16-7-9-8(17-12)2-1-3-14-9/h1-7H. The molecule has 0 aliphatic rings. The second-order valence-corrected chi connectivity index (χ2v) is 3.52. The number of aromatic nitrogens is 5. The first-order valence-electron chi connectivity index (χ1n) is 5.23. The lowest BCUT2D eigenvalue weighted by atomic mass is 10.2. The number of pyridine rings is 1. The SMILES string of the molecule is O=C(c1cnccn1)c1ncc2ncccc2n1. The van der Waals surface area contributed by atoms with Gasteiger partial charge >= 0.3 is 0 Å². The number of rotatable bonds is 2. The lowest BCUT2D eigenvalue weighted by Gasteiger charge is -1.99. The summed E-state index contributed by atoms with van der Waals surface area (Å²) in [5.41, 5.74) is 1.49. The van der Waals surface area contributed by atoms with Gasteiger partial charge in [-0.3, -0.25) is 14.8 Å². The minimum absolute atomic E-state index is 0.0935. The monoisotopic (exact) mass is 237 g/mol. The Bertz CT molecular complexity index is 714. The van der Waals surface area contributed by atoms with Crippen LogP contribution in [0.25, 0.3) is 11.0 Å². The van der Waals surface area contributed by atoms with E-state index in [-0.39, 0.29) is 17.3 Å². The fourth-order valence-corrected chi connectivity index (χ4v) is 1.51. The summed E-state index contributed by atoms with van der Waals surface area (Å²) < 4.78 is 0. The van der Waals surface area contributed by atoms with Crippen LogP contribution in [0.3, 0.4) is 0 Å². The Kier molecular flexibility index (Phi) is 2.45. The molecule has 3 heterocycles. The Morgan fingerprint density at radius 1 is 0.944 bits per heavy atom. The summed E-state index contributed by atoms with van der Waals surface area (Å²) in [5, 5.41) is 0. The number of carbonyl (C=O) groups excluding carboxylic acids is 1. The second-order valence-electron chi connectivity index (χ2n) is 3.52. The maximum Gasteiger partial charge on any atom is 0.250 e. The van der Waals surface area contributed by atoms with Crippen molar-refractivity contribution in [3.8, 4) is 0 Å². The first-order chi connectivity index (χ1) is 8.84. The van der Waals surface area contributed by atoms with E-state index in [0.717, 1.165) is 0 Å². The van der Waals surface area contributed by atoms with Crippen LogP contribution in [0.15, 0.2) is 43.1 Å². The third-order valence-corrected chi connectivity index (χ3v) is 2.35. The Hall–Kier alpha value is -2.76. The number of fused-ring (bicyclic) bond motifs is 1. The number of hydrogen-bond donors (Lipinski definition) is 0. The molecular formula is C12H7N5O. The fourth-order valence-electron chi connectivity index (χ4n) is 1.51. The van der Waals surface area contributed by atoms with E-state index in [2.05, 4.69) is 24.9 Å². The highest BCUT2D eigenvalue weighted by molar-refractivity contribution is 6.05. The molecule has 0 fully saturated rings. The van der Waals surface area contributed by atoms with Crippen molar-refractivity contribution in [1.82, 2.24) is 24.9 Å². The molecule has 0 saturated heterocycles. The van der Waals surface area contributed by atoms with Gasteiger partial charge < -0.3 is 0 Å². The van der Waals surface area contributed by atoms with Crippen LogP contribution in [0.1, 0.15) is 16.3 Å². The Morgan fingerprint density at radius 3 is 2.72 bits per heavy atom. The molecule has 0 spiro atoms. The summed E-state index contributed by atoms with van der Waals surface area (Å²) in [5.74, 6) is -0.259. The van der Waals surface area contributed by atoms with Gasteiger partial charge in [-0.05, 0) is 12.1 Å².